The number of carbonyl (C=O) groups is 1. The summed E-state index contributed by atoms with van der Waals surface area (Å²) >= 11 is 0. The normalized spacial score (nSPS) is 16.4. The Bertz CT molecular complexity index is 784. The summed E-state index contributed by atoms with van der Waals surface area (Å²) in [5.74, 6) is 1.49. The summed E-state index contributed by atoms with van der Waals surface area (Å²) in [7, 11) is 1.63. The molecule has 1 aliphatic rings. The van der Waals surface area contributed by atoms with E-state index in [0.717, 1.165) is 57.2 Å². The highest BCUT2D eigenvalue weighted by molar-refractivity contribution is 5.96. The molecule has 1 aliphatic heterocycles. The number of nitrogens with zero attached hydrogens (tertiary/aromatic N) is 2. The maximum atomic E-state index is 12.5. The Morgan fingerprint density at radius 1 is 0.935 bits per heavy atom. The maximum Gasteiger partial charge on any atom is 0.164 e. The van der Waals surface area contributed by atoms with Crippen molar-refractivity contribution in [3.05, 3.63) is 65.7 Å². The quantitative estimate of drug-likeness (QED) is 0.503. The van der Waals surface area contributed by atoms with Crippen LogP contribution in [-0.4, -0.2) is 68.6 Å². The van der Waals surface area contributed by atoms with Gasteiger partial charge in [0.1, 0.15) is 5.75 Å². The number of rotatable bonds is 11. The van der Waals surface area contributed by atoms with Crippen molar-refractivity contribution in [1.29, 1.82) is 0 Å². The van der Waals surface area contributed by atoms with Gasteiger partial charge in [-0.25, -0.2) is 0 Å². The third kappa shape index (κ3) is 7.46. The second-order valence-corrected chi connectivity index (χ2v) is 8.67. The van der Waals surface area contributed by atoms with Crippen LogP contribution in [0, 0.1) is 5.92 Å². The molecule has 2 aromatic carbocycles. The van der Waals surface area contributed by atoms with E-state index in [0.29, 0.717) is 12.3 Å². The Labute approximate surface area is 187 Å². The molecule has 31 heavy (non-hydrogen) atoms. The summed E-state index contributed by atoms with van der Waals surface area (Å²) in [6.45, 7) is 10.9. The van der Waals surface area contributed by atoms with E-state index < -0.39 is 0 Å². The van der Waals surface area contributed by atoms with Gasteiger partial charge in [0.15, 0.2) is 5.78 Å². The number of ketones is 1. The van der Waals surface area contributed by atoms with Gasteiger partial charge in [0.25, 0.3) is 0 Å². The molecule has 0 radical (unpaired) electrons. The highest BCUT2D eigenvalue weighted by atomic mass is 16.5. The average molecular weight is 425 g/mol. The fourth-order valence-electron chi connectivity index (χ4n) is 3.84. The minimum absolute atomic E-state index is 0.104. The van der Waals surface area contributed by atoms with Crippen molar-refractivity contribution in [2.24, 2.45) is 5.92 Å². The second kappa shape index (κ2) is 12.0. The van der Waals surface area contributed by atoms with Gasteiger partial charge in [-0.2, -0.15) is 0 Å². The number of Topliss-reactive ketones (excluding diaryl/α,β-unsaturated/α-hetero) is 1. The molecule has 168 valence electrons. The molecule has 0 aliphatic carbocycles. The molecule has 2 aromatic rings. The monoisotopic (exact) mass is 424 g/mol. The van der Waals surface area contributed by atoms with Crippen LogP contribution in [0.3, 0.4) is 0 Å². The van der Waals surface area contributed by atoms with Gasteiger partial charge in [0.05, 0.1) is 13.2 Å². The van der Waals surface area contributed by atoms with Crippen molar-refractivity contribution in [2.45, 2.75) is 26.4 Å². The van der Waals surface area contributed by atoms with Crippen LogP contribution >= 0.6 is 0 Å². The molecule has 1 unspecified atom stereocenters. The smallest absolute Gasteiger partial charge is 0.164 e. The number of piperazine rings is 1. The van der Waals surface area contributed by atoms with E-state index >= 15 is 0 Å². The summed E-state index contributed by atoms with van der Waals surface area (Å²) < 4.78 is 11.4. The van der Waals surface area contributed by atoms with Gasteiger partial charge < -0.3 is 14.4 Å². The summed E-state index contributed by atoms with van der Waals surface area (Å²) in [5.41, 5.74) is 2.00. The number of methoxy groups -OCH3 is 1. The zero-order chi connectivity index (χ0) is 22.1. The Balaban J connectivity index is 1.45. The molecule has 0 spiro atoms. The number of hydrogen-bond acceptors (Lipinski definition) is 5. The molecule has 5 heteroatoms. The van der Waals surface area contributed by atoms with E-state index in [1.165, 1.54) is 5.56 Å². The summed E-state index contributed by atoms with van der Waals surface area (Å²) in [4.78, 5) is 17.4. The van der Waals surface area contributed by atoms with Crippen molar-refractivity contribution < 1.29 is 14.3 Å². The van der Waals surface area contributed by atoms with Gasteiger partial charge in [-0.1, -0.05) is 44.2 Å². The van der Waals surface area contributed by atoms with Crippen LogP contribution in [0.15, 0.2) is 54.6 Å². The minimum atomic E-state index is 0.104. The molecule has 1 saturated heterocycles. The first kappa shape index (κ1) is 23.5. The number of benzene rings is 2. The zero-order valence-electron chi connectivity index (χ0n) is 19.1. The minimum Gasteiger partial charge on any atom is -0.497 e. The highest BCUT2D eigenvalue weighted by Crippen LogP contribution is 2.21. The van der Waals surface area contributed by atoms with Gasteiger partial charge in [-0.3, -0.25) is 9.69 Å². The maximum absolute atomic E-state index is 12.5. The van der Waals surface area contributed by atoms with Crippen molar-refractivity contribution >= 4 is 5.78 Å². The molecule has 1 heterocycles. The van der Waals surface area contributed by atoms with Gasteiger partial charge in [0.2, 0.25) is 0 Å². The largest absolute Gasteiger partial charge is 0.497 e. The van der Waals surface area contributed by atoms with Crippen molar-refractivity contribution in [2.75, 3.05) is 53.0 Å². The molecule has 5 nitrogen and oxygen atoms in total. The number of hydrogen-bond donors (Lipinski definition) is 0. The van der Waals surface area contributed by atoms with E-state index in [2.05, 4.69) is 54.0 Å². The van der Waals surface area contributed by atoms with Gasteiger partial charge in [0, 0.05) is 57.9 Å². The third-order valence-corrected chi connectivity index (χ3v) is 5.76. The third-order valence-electron chi connectivity index (χ3n) is 5.76. The van der Waals surface area contributed by atoms with Crippen LogP contribution < -0.4 is 4.74 Å². The standard InChI is InChI=1S/C26H36N2O3/c1-21(2)20-31-26(23-7-5-4-6-8-23)19-28-17-15-27(16-18-28)14-13-25(29)22-9-11-24(30-3)12-10-22/h4-12,21,26H,13-20H2,1-3H3. The molecule has 0 aromatic heterocycles. The SMILES string of the molecule is COc1ccc(C(=O)CCN2CCN(CC(OCC(C)C)c3ccccc3)CC2)cc1. The van der Waals surface area contributed by atoms with Gasteiger partial charge in [-0.05, 0) is 35.7 Å². The average Bonchev–Trinajstić information content (AvgIpc) is 2.81. The molecule has 0 N–H and O–H groups in total. The van der Waals surface area contributed by atoms with Crippen molar-refractivity contribution in [1.82, 2.24) is 9.80 Å². The molecular weight excluding hydrogens is 388 g/mol. The molecular formula is C26H36N2O3. The fraction of sp³-hybridized carbons (Fsp3) is 0.500. The summed E-state index contributed by atoms with van der Waals surface area (Å²) in [6, 6.07) is 17.9. The lowest BCUT2D eigenvalue weighted by molar-refractivity contribution is 0.000654. The molecule has 1 atom stereocenters. The van der Waals surface area contributed by atoms with Crippen LogP contribution in [0.25, 0.3) is 0 Å². The Hall–Kier alpha value is -2.21. The first-order chi connectivity index (χ1) is 15.0. The Kier molecular flexibility index (Phi) is 9.07. The first-order valence-corrected chi connectivity index (χ1v) is 11.3. The second-order valence-electron chi connectivity index (χ2n) is 8.67. The van der Waals surface area contributed by atoms with E-state index in [9.17, 15) is 4.79 Å². The molecule has 0 bridgehead atoms. The topological polar surface area (TPSA) is 42.0 Å². The molecule has 0 amide bonds. The lowest BCUT2D eigenvalue weighted by atomic mass is 10.1. The van der Waals surface area contributed by atoms with Crippen LogP contribution in [0.2, 0.25) is 0 Å². The first-order valence-electron chi connectivity index (χ1n) is 11.3. The molecule has 0 saturated carbocycles. The summed E-state index contributed by atoms with van der Waals surface area (Å²) in [6.07, 6.45) is 0.656. The molecule has 1 fully saturated rings. The fourth-order valence-corrected chi connectivity index (χ4v) is 3.84. The predicted octanol–water partition coefficient (Wildman–Crippen LogP) is 4.30. The van der Waals surface area contributed by atoms with E-state index in [1.807, 2.05) is 24.3 Å². The summed E-state index contributed by atoms with van der Waals surface area (Å²) in [5, 5.41) is 0. The predicted molar refractivity (Wildman–Crippen MR) is 125 cm³/mol. The van der Waals surface area contributed by atoms with Gasteiger partial charge >= 0.3 is 0 Å². The van der Waals surface area contributed by atoms with E-state index in [1.54, 1.807) is 7.11 Å². The van der Waals surface area contributed by atoms with Gasteiger partial charge in [-0.15, -0.1) is 0 Å². The highest BCUT2D eigenvalue weighted by Gasteiger charge is 2.22. The van der Waals surface area contributed by atoms with Crippen molar-refractivity contribution in [3.8, 4) is 5.75 Å². The van der Waals surface area contributed by atoms with Crippen LogP contribution in [-0.2, 0) is 4.74 Å². The Morgan fingerprint density at radius 2 is 1.58 bits per heavy atom. The van der Waals surface area contributed by atoms with Crippen LogP contribution in [0.1, 0.15) is 42.3 Å². The molecule has 3 rings (SSSR count). The lowest BCUT2D eigenvalue weighted by Gasteiger charge is -2.36. The van der Waals surface area contributed by atoms with E-state index in [-0.39, 0.29) is 11.9 Å². The van der Waals surface area contributed by atoms with E-state index in [4.69, 9.17) is 9.47 Å². The van der Waals surface area contributed by atoms with Crippen LogP contribution in [0.5, 0.6) is 5.75 Å². The number of carbonyl (C=O) groups excluding carboxylic acids is 1. The van der Waals surface area contributed by atoms with Crippen LogP contribution in [0.4, 0.5) is 0 Å². The zero-order valence-corrected chi connectivity index (χ0v) is 19.1. The number of ether oxygens (including phenoxy) is 2. The lowest BCUT2D eigenvalue weighted by Crippen LogP contribution is -2.48. The Morgan fingerprint density at radius 3 is 2.19 bits per heavy atom. The van der Waals surface area contributed by atoms with Crippen molar-refractivity contribution in [3.63, 3.8) is 0 Å².